The van der Waals surface area contributed by atoms with E-state index < -0.39 is 22.1 Å². The Hall–Kier alpha value is -0.960. The second kappa shape index (κ2) is 6.43. The summed E-state index contributed by atoms with van der Waals surface area (Å²) in [4.78, 5) is 11.9. The molecular weight excluding hydrogens is 312 g/mol. The van der Waals surface area contributed by atoms with Crippen molar-refractivity contribution < 1.29 is 18.3 Å². The number of hydrogen-bond donors (Lipinski definition) is 1. The smallest absolute Gasteiger partial charge is 0.306 e. The maximum atomic E-state index is 12.5. The van der Waals surface area contributed by atoms with Crippen LogP contribution >= 0.6 is 11.3 Å². The van der Waals surface area contributed by atoms with Crippen LogP contribution in [0.15, 0.2) is 11.4 Å². The van der Waals surface area contributed by atoms with Gasteiger partial charge in [-0.25, -0.2) is 0 Å². The molecule has 0 unspecified atom stereocenters. The summed E-state index contributed by atoms with van der Waals surface area (Å²) in [7, 11) is -1.96. The fourth-order valence-corrected chi connectivity index (χ4v) is 4.78. The number of carboxylic acids is 1. The molecule has 0 bridgehead atoms. The second-order valence-electron chi connectivity index (χ2n) is 5.30. The zero-order valence-corrected chi connectivity index (χ0v) is 13.8. The van der Waals surface area contributed by atoms with Crippen molar-refractivity contribution >= 4 is 27.5 Å². The van der Waals surface area contributed by atoms with Crippen molar-refractivity contribution in [1.29, 1.82) is 0 Å². The van der Waals surface area contributed by atoms with Gasteiger partial charge in [0.1, 0.15) is 0 Å². The molecule has 1 aromatic rings. The minimum absolute atomic E-state index is 0.271. The molecule has 1 aromatic heterocycles. The third-order valence-corrected chi connectivity index (χ3v) is 6.80. The molecule has 0 amide bonds. The zero-order chi connectivity index (χ0) is 15.6. The average molecular weight is 332 g/mol. The summed E-state index contributed by atoms with van der Waals surface area (Å²) in [5.41, 5.74) is 1.09. The predicted octanol–water partition coefficient (Wildman–Crippen LogP) is 1.53. The first-order valence-electron chi connectivity index (χ1n) is 6.79. The molecule has 6 nitrogen and oxygen atoms in total. The van der Waals surface area contributed by atoms with Gasteiger partial charge in [0.15, 0.2) is 0 Å². The number of piperidine rings is 1. The number of aliphatic carboxylic acids is 1. The molecule has 1 fully saturated rings. The molecule has 0 spiro atoms. The van der Waals surface area contributed by atoms with E-state index in [1.807, 2.05) is 18.4 Å². The molecule has 2 heterocycles. The number of carboxylic acid groups (broad SMARTS) is 1. The van der Waals surface area contributed by atoms with Crippen LogP contribution in [0, 0.1) is 12.8 Å². The largest absolute Gasteiger partial charge is 0.481 e. The highest BCUT2D eigenvalue weighted by Gasteiger charge is 2.33. The van der Waals surface area contributed by atoms with Gasteiger partial charge < -0.3 is 5.11 Å². The molecule has 0 atom stereocenters. The molecule has 21 heavy (non-hydrogen) atoms. The van der Waals surface area contributed by atoms with Crippen LogP contribution in [0.2, 0.25) is 0 Å². The van der Waals surface area contributed by atoms with E-state index in [-0.39, 0.29) is 13.1 Å². The number of thiophene rings is 1. The molecule has 1 aliphatic rings. The quantitative estimate of drug-likeness (QED) is 0.887. The molecule has 0 aliphatic carbocycles. The summed E-state index contributed by atoms with van der Waals surface area (Å²) in [5.74, 6) is -1.27. The summed E-state index contributed by atoms with van der Waals surface area (Å²) >= 11 is 1.54. The van der Waals surface area contributed by atoms with Gasteiger partial charge in [-0.15, -0.1) is 11.3 Å². The van der Waals surface area contributed by atoms with Gasteiger partial charge in [0.05, 0.1) is 5.92 Å². The molecule has 8 heteroatoms. The standard InChI is InChI=1S/C13H20N2O4S2/c1-10-5-8-20-12(10)9-14(2)21(18,19)15-6-3-11(4-7-15)13(16)17/h5,8,11H,3-4,6-7,9H2,1-2H3,(H,16,17). The molecule has 1 N–H and O–H groups in total. The van der Waals surface area contributed by atoms with E-state index in [2.05, 4.69) is 0 Å². The minimum Gasteiger partial charge on any atom is -0.481 e. The highest BCUT2D eigenvalue weighted by Crippen LogP contribution is 2.23. The van der Waals surface area contributed by atoms with Crippen molar-refractivity contribution in [2.75, 3.05) is 20.1 Å². The molecule has 2 rings (SSSR count). The molecule has 118 valence electrons. The molecule has 0 radical (unpaired) electrons. The van der Waals surface area contributed by atoms with Gasteiger partial charge in [0.25, 0.3) is 10.2 Å². The van der Waals surface area contributed by atoms with Crippen LogP contribution < -0.4 is 0 Å². The predicted molar refractivity (Wildman–Crippen MR) is 81.4 cm³/mol. The van der Waals surface area contributed by atoms with E-state index in [1.54, 1.807) is 18.4 Å². The minimum atomic E-state index is -3.52. The van der Waals surface area contributed by atoms with Gasteiger partial charge >= 0.3 is 5.97 Å². The lowest BCUT2D eigenvalue weighted by Gasteiger charge is -2.32. The van der Waals surface area contributed by atoms with E-state index in [4.69, 9.17) is 5.11 Å². The van der Waals surface area contributed by atoms with Gasteiger partial charge in [0, 0.05) is 31.6 Å². The lowest BCUT2D eigenvalue weighted by molar-refractivity contribution is -0.142. The van der Waals surface area contributed by atoms with Crippen molar-refractivity contribution in [2.24, 2.45) is 5.92 Å². The number of carbonyl (C=O) groups is 1. The third kappa shape index (κ3) is 3.63. The molecule has 1 aliphatic heterocycles. The lowest BCUT2D eigenvalue weighted by atomic mass is 9.99. The highest BCUT2D eigenvalue weighted by molar-refractivity contribution is 7.86. The van der Waals surface area contributed by atoms with Crippen LogP contribution in [0.3, 0.4) is 0 Å². The Morgan fingerprint density at radius 3 is 2.57 bits per heavy atom. The molecule has 1 saturated heterocycles. The van der Waals surface area contributed by atoms with Gasteiger partial charge in [-0.1, -0.05) is 0 Å². The van der Waals surface area contributed by atoms with E-state index in [9.17, 15) is 13.2 Å². The Bertz CT molecular complexity index is 603. The summed E-state index contributed by atoms with van der Waals surface area (Å²) in [6.07, 6.45) is 0.751. The summed E-state index contributed by atoms with van der Waals surface area (Å²) in [6.45, 7) is 2.86. The number of nitrogens with zero attached hydrogens (tertiary/aromatic N) is 2. The van der Waals surface area contributed by atoms with Gasteiger partial charge in [-0.3, -0.25) is 4.79 Å². The van der Waals surface area contributed by atoms with E-state index in [0.717, 1.165) is 10.4 Å². The normalized spacial score (nSPS) is 18.2. The Kier molecular flexibility index (Phi) is 5.03. The van der Waals surface area contributed by atoms with Gasteiger partial charge in [-0.05, 0) is 36.8 Å². The molecule has 0 aromatic carbocycles. The first-order chi connectivity index (χ1) is 9.82. The SMILES string of the molecule is Cc1ccsc1CN(C)S(=O)(=O)N1CCC(C(=O)O)CC1. The van der Waals surface area contributed by atoms with E-state index in [1.165, 1.54) is 8.61 Å². The van der Waals surface area contributed by atoms with Crippen LogP contribution in [0.25, 0.3) is 0 Å². The molecule has 0 saturated carbocycles. The van der Waals surface area contributed by atoms with E-state index >= 15 is 0 Å². The second-order valence-corrected chi connectivity index (χ2v) is 8.34. The maximum absolute atomic E-state index is 12.5. The first kappa shape index (κ1) is 16.4. The average Bonchev–Trinajstić information content (AvgIpc) is 2.84. The zero-order valence-electron chi connectivity index (χ0n) is 12.2. The lowest BCUT2D eigenvalue weighted by Crippen LogP contribution is -2.46. The van der Waals surface area contributed by atoms with Crippen LogP contribution in [0.5, 0.6) is 0 Å². The van der Waals surface area contributed by atoms with Crippen molar-refractivity contribution in [3.63, 3.8) is 0 Å². The number of hydrogen-bond acceptors (Lipinski definition) is 4. The van der Waals surface area contributed by atoms with Crippen molar-refractivity contribution in [3.05, 3.63) is 21.9 Å². The van der Waals surface area contributed by atoms with Crippen LogP contribution in [-0.4, -0.2) is 48.2 Å². The van der Waals surface area contributed by atoms with Crippen molar-refractivity contribution in [2.45, 2.75) is 26.3 Å². The molecular formula is C13H20N2O4S2. The third-order valence-electron chi connectivity index (χ3n) is 3.86. The van der Waals surface area contributed by atoms with Gasteiger partial charge in [-0.2, -0.15) is 17.0 Å². The summed E-state index contributed by atoms with van der Waals surface area (Å²) < 4.78 is 27.7. The van der Waals surface area contributed by atoms with Crippen LogP contribution in [0.1, 0.15) is 23.3 Å². The number of aryl methyl sites for hydroxylation is 1. The fourth-order valence-electron chi connectivity index (χ4n) is 2.38. The highest BCUT2D eigenvalue weighted by atomic mass is 32.2. The van der Waals surface area contributed by atoms with Crippen LogP contribution in [0.4, 0.5) is 0 Å². The maximum Gasteiger partial charge on any atom is 0.306 e. The summed E-state index contributed by atoms with van der Waals surface area (Å²) in [5, 5.41) is 10.9. The summed E-state index contributed by atoms with van der Waals surface area (Å²) in [6, 6.07) is 1.97. The van der Waals surface area contributed by atoms with Crippen LogP contribution in [-0.2, 0) is 21.5 Å². The van der Waals surface area contributed by atoms with Crippen molar-refractivity contribution in [1.82, 2.24) is 8.61 Å². The fraction of sp³-hybridized carbons (Fsp3) is 0.615. The number of rotatable bonds is 5. The van der Waals surface area contributed by atoms with Crippen molar-refractivity contribution in [3.8, 4) is 0 Å². The Labute approximate surface area is 129 Å². The Morgan fingerprint density at radius 2 is 2.10 bits per heavy atom. The topological polar surface area (TPSA) is 77.9 Å². The first-order valence-corrected chi connectivity index (χ1v) is 9.07. The van der Waals surface area contributed by atoms with Gasteiger partial charge in [0.2, 0.25) is 0 Å². The Balaban J connectivity index is 2.01. The monoisotopic (exact) mass is 332 g/mol. The van der Waals surface area contributed by atoms with E-state index in [0.29, 0.717) is 19.4 Å². The Morgan fingerprint density at radius 1 is 1.48 bits per heavy atom.